The van der Waals surface area contributed by atoms with Crippen molar-refractivity contribution in [2.45, 2.75) is 46.7 Å². The molecule has 0 radical (unpaired) electrons. The predicted molar refractivity (Wildman–Crippen MR) is 114 cm³/mol. The molecular formula is C22H27N3O5. The fraction of sp³-hybridized carbons (Fsp3) is 0.409. The Morgan fingerprint density at radius 2 is 2.13 bits per heavy atom. The number of nitrogens with zero attached hydrogens (tertiary/aromatic N) is 2. The van der Waals surface area contributed by atoms with Crippen molar-refractivity contribution in [1.82, 2.24) is 14.9 Å². The van der Waals surface area contributed by atoms with E-state index >= 15 is 0 Å². The van der Waals surface area contributed by atoms with Crippen molar-refractivity contribution in [3.8, 4) is 17.1 Å². The Balaban J connectivity index is 2.26. The quantitative estimate of drug-likeness (QED) is 0.508. The molecule has 0 spiro atoms. The van der Waals surface area contributed by atoms with Crippen LogP contribution < -0.4 is 15.6 Å². The highest BCUT2D eigenvalue weighted by atomic mass is 16.5. The maximum Gasteiger partial charge on any atom is 0.404 e. The van der Waals surface area contributed by atoms with Crippen molar-refractivity contribution in [2.24, 2.45) is 5.92 Å². The molecule has 0 saturated carbocycles. The molecule has 0 aliphatic heterocycles. The molecule has 0 unspecified atom stereocenters. The van der Waals surface area contributed by atoms with Crippen LogP contribution in [-0.4, -0.2) is 27.4 Å². The summed E-state index contributed by atoms with van der Waals surface area (Å²) in [6, 6.07) is 5.41. The van der Waals surface area contributed by atoms with Crippen LogP contribution >= 0.6 is 0 Å². The molecule has 3 rings (SSSR count). The maximum absolute atomic E-state index is 13.3. The normalized spacial score (nSPS) is 11.2. The molecule has 2 aromatic heterocycles. The van der Waals surface area contributed by atoms with Crippen molar-refractivity contribution in [1.29, 1.82) is 0 Å². The number of aromatic nitrogens is 2. The molecular weight excluding hydrogens is 386 g/mol. The highest BCUT2D eigenvalue weighted by Crippen LogP contribution is 2.32. The molecule has 0 fully saturated rings. The molecule has 160 valence electrons. The van der Waals surface area contributed by atoms with Gasteiger partial charge in [0.1, 0.15) is 5.75 Å². The second-order valence-electron chi connectivity index (χ2n) is 7.57. The number of carbonyl (C=O) groups is 1. The van der Waals surface area contributed by atoms with Gasteiger partial charge in [-0.15, -0.1) is 0 Å². The smallest absolute Gasteiger partial charge is 0.404 e. The van der Waals surface area contributed by atoms with Crippen molar-refractivity contribution >= 4 is 16.9 Å². The summed E-state index contributed by atoms with van der Waals surface area (Å²) >= 11 is 0. The van der Waals surface area contributed by atoms with Gasteiger partial charge in [-0.3, -0.25) is 4.79 Å². The third-order valence-corrected chi connectivity index (χ3v) is 4.74. The first-order chi connectivity index (χ1) is 14.4. The summed E-state index contributed by atoms with van der Waals surface area (Å²) in [6.07, 6.45) is 3.59. The third kappa shape index (κ3) is 4.64. The first-order valence-corrected chi connectivity index (χ1v) is 10.1. The molecule has 1 amide bonds. The van der Waals surface area contributed by atoms with Gasteiger partial charge in [-0.25, -0.2) is 9.78 Å². The molecule has 8 heteroatoms. The number of rotatable bonds is 9. The minimum absolute atomic E-state index is 0.0266. The summed E-state index contributed by atoms with van der Waals surface area (Å²) < 4.78 is 13.2. The Bertz CT molecular complexity index is 1070. The Kier molecular flexibility index (Phi) is 6.76. The molecule has 0 aliphatic carbocycles. The standard InChI is InChI=1S/C22H27N3O5/c1-4-5-8-29-20-17-9-15(19-11-23-13-30-19)6-7-16(17)21(26)25(12-14(2)3)18(20)10-24-22(27)28/h6-7,9,11,13-14,24H,4-5,8,10,12H2,1-3H3,(H,27,28). The summed E-state index contributed by atoms with van der Waals surface area (Å²) in [5.41, 5.74) is 1.11. The number of pyridine rings is 1. The zero-order valence-corrected chi connectivity index (χ0v) is 17.5. The minimum atomic E-state index is -1.16. The Morgan fingerprint density at radius 3 is 2.77 bits per heavy atom. The van der Waals surface area contributed by atoms with Gasteiger partial charge in [-0.2, -0.15) is 0 Å². The van der Waals surface area contributed by atoms with Gasteiger partial charge in [-0.1, -0.05) is 33.3 Å². The van der Waals surface area contributed by atoms with Gasteiger partial charge in [0.25, 0.3) is 5.56 Å². The topological polar surface area (TPSA) is 107 Å². The van der Waals surface area contributed by atoms with E-state index in [1.807, 2.05) is 26.0 Å². The largest absolute Gasteiger partial charge is 0.491 e. The molecule has 2 heterocycles. The summed E-state index contributed by atoms with van der Waals surface area (Å²) in [5, 5.41) is 12.7. The number of oxazole rings is 1. The molecule has 1 aromatic carbocycles. The van der Waals surface area contributed by atoms with E-state index in [-0.39, 0.29) is 18.0 Å². The van der Waals surface area contributed by atoms with Crippen LogP contribution in [0.2, 0.25) is 0 Å². The molecule has 8 nitrogen and oxygen atoms in total. The number of hydrogen-bond acceptors (Lipinski definition) is 5. The van der Waals surface area contributed by atoms with Crippen LogP contribution in [0.1, 0.15) is 39.3 Å². The van der Waals surface area contributed by atoms with E-state index in [0.29, 0.717) is 41.1 Å². The highest BCUT2D eigenvalue weighted by molar-refractivity contribution is 5.91. The average molecular weight is 413 g/mol. The molecule has 0 aliphatic rings. The van der Waals surface area contributed by atoms with Gasteiger partial charge in [0, 0.05) is 17.5 Å². The highest BCUT2D eigenvalue weighted by Gasteiger charge is 2.20. The second-order valence-corrected chi connectivity index (χ2v) is 7.57. The van der Waals surface area contributed by atoms with Crippen LogP contribution in [0, 0.1) is 5.92 Å². The van der Waals surface area contributed by atoms with Gasteiger partial charge >= 0.3 is 6.09 Å². The van der Waals surface area contributed by atoms with Crippen molar-refractivity contribution in [3.63, 3.8) is 0 Å². The van der Waals surface area contributed by atoms with Crippen LogP contribution in [0.3, 0.4) is 0 Å². The Hall–Kier alpha value is -3.29. The molecule has 0 atom stereocenters. The number of ether oxygens (including phenoxy) is 1. The first-order valence-electron chi connectivity index (χ1n) is 10.1. The van der Waals surface area contributed by atoms with E-state index in [0.717, 1.165) is 18.4 Å². The van der Waals surface area contributed by atoms with Crippen LogP contribution in [0.5, 0.6) is 5.75 Å². The Morgan fingerprint density at radius 1 is 1.33 bits per heavy atom. The average Bonchev–Trinajstić information content (AvgIpc) is 3.24. The Labute approximate surface area is 174 Å². The van der Waals surface area contributed by atoms with E-state index < -0.39 is 6.09 Å². The first kappa shape index (κ1) is 21.4. The lowest BCUT2D eigenvalue weighted by Gasteiger charge is -2.21. The third-order valence-electron chi connectivity index (χ3n) is 4.74. The van der Waals surface area contributed by atoms with E-state index in [4.69, 9.17) is 14.3 Å². The number of carboxylic acid groups (broad SMARTS) is 1. The zero-order chi connectivity index (χ0) is 21.7. The molecule has 2 N–H and O–H groups in total. The second kappa shape index (κ2) is 9.47. The number of hydrogen-bond donors (Lipinski definition) is 2. The number of fused-ring (bicyclic) bond motifs is 1. The number of benzene rings is 1. The summed E-state index contributed by atoms with van der Waals surface area (Å²) in [4.78, 5) is 28.4. The minimum Gasteiger partial charge on any atom is -0.491 e. The fourth-order valence-electron chi connectivity index (χ4n) is 3.35. The van der Waals surface area contributed by atoms with Gasteiger partial charge < -0.3 is 24.1 Å². The van der Waals surface area contributed by atoms with Crippen LogP contribution in [-0.2, 0) is 13.1 Å². The van der Waals surface area contributed by atoms with Crippen molar-refractivity contribution < 1.29 is 19.1 Å². The molecule has 0 saturated heterocycles. The monoisotopic (exact) mass is 413 g/mol. The zero-order valence-electron chi connectivity index (χ0n) is 17.5. The van der Waals surface area contributed by atoms with Crippen LogP contribution in [0.25, 0.3) is 22.1 Å². The van der Waals surface area contributed by atoms with Crippen molar-refractivity contribution in [2.75, 3.05) is 6.61 Å². The summed E-state index contributed by atoms with van der Waals surface area (Å²) in [6.45, 7) is 6.99. The maximum atomic E-state index is 13.3. The van der Waals surface area contributed by atoms with E-state index in [2.05, 4.69) is 17.2 Å². The number of amides is 1. The predicted octanol–water partition coefficient (Wildman–Crippen LogP) is 4.26. The van der Waals surface area contributed by atoms with E-state index in [1.165, 1.54) is 6.39 Å². The lowest BCUT2D eigenvalue weighted by atomic mass is 10.0. The fourth-order valence-corrected chi connectivity index (χ4v) is 3.35. The molecule has 3 aromatic rings. The van der Waals surface area contributed by atoms with Gasteiger partial charge in [-0.05, 0) is 24.5 Å². The van der Waals surface area contributed by atoms with Crippen LogP contribution in [0.4, 0.5) is 4.79 Å². The summed E-state index contributed by atoms with van der Waals surface area (Å²) in [7, 11) is 0. The SMILES string of the molecule is CCCCOc1c(CNC(=O)O)n(CC(C)C)c(=O)c2ccc(-c3cnco3)cc12. The molecule has 0 bridgehead atoms. The lowest BCUT2D eigenvalue weighted by Crippen LogP contribution is -2.31. The molecule has 30 heavy (non-hydrogen) atoms. The van der Waals surface area contributed by atoms with E-state index in [9.17, 15) is 9.59 Å². The van der Waals surface area contributed by atoms with Crippen molar-refractivity contribution in [3.05, 3.63) is 46.8 Å². The van der Waals surface area contributed by atoms with Gasteiger partial charge in [0.05, 0.1) is 30.4 Å². The lowest BCUT2D eigenvalue weighted by molar-refractivity contribution is 0.193. The summed E-state index contributed by atoms with van der Waals surface area (Å²) in [5.74, 6) is 1.29. The number of nitrogens with one attached hydrogen (secondary N) is 1. The van der Waals surface area contributed by atoms with E-state index in [1.54, 1.807) is 16.8 Å². The van der Waals surface area contributed by atoms with Gasteiger partial charge in [0.15, 0.2) is 12.2 Å². The number of unbranched alkanes of at least 4 members (excludes halogenated alkanes) is 1. The van der Waals surface area contributed by atoms with Crippen LogP contribution in [0.15, 0.2) is 40.0 Å². The van der Waals surface area contributed by atoms with Gasteiger partial charge in [0.2, 0.25) is 0 Å².